The van der Waals surface area contributed by atoms with Crippen molar-refractivity contribution in [3.8, 4) is 0 Å². The lowest BCUT2D eigenvalue weighted by Crippen LogP contribution is -2.10. The standard InChI is InChI=1S/C13H18OS/c1-10(9-14)15-12-7-5-11(6-8-12)13(2,3)4/h5-10H,1-4H3. The van der Waals surface area contributed by atoms with Crippen LogP contribution in [-0.4, -0.2) is 11.5 Å². The number of carbonyl (C=O) groups excluding carboxylic acids is 1. The van der Waals surface area contributed by atoms with Crippen LogP contribution in [0.5, 0.6) is 0 Å². The molecule has 0 amide bonds. The van der Waals surface area contributed by atoms with E-state index in [4.69, 9.17) is 0 Å². The molecule has 1 aromatic carbocycles. The minimum Gasteiger partial charge on any atom is -0.302 e. The Balaban J connectivity index is 2.77. The summed E-state index contributed by atoms with van der Waals surface area (Å²) in [6.07, 6.45) is 0.975. The molecule has 0 saturated heterocycles. The van der Waals surface area contributed by atoms with Gasteiger partial charge in [0, 0.05) is 4.90 Å². The van der Waals surface area contributed by atoms with Crippen molar-refractivity contribution >= 4 is 18.0 Å². The molecule has 1 aromatic rings. The lowest BCUT2D eigenvalue weighted by molar-refractivity contribution is -0.107. The highest BCUT2D eigenvalue weighted by atomic mass is 32.2. The molecule has 0 N–H and O–H groups in total. The zero-order valence-electron chi connectivity index (χ0n) is 9.78. The van der Waals surface area contributed by atoms with Gasteiger partial charge in [-0.15, -0.1) is 11.8 Å². The molecule has 0 aliphatic heterocycles. The summed E-state index contributed by atoms with van der Waals surface area (Å²) in [5.74, 6) is 0. The Morgan fingerprint density at radius 3 is 2.13 bits per heavy atom. The second-order valence-corrected chi connectivity index (χ2v) is 6.18. The van der Waals surface area contributed by atoms with Crippen LogP contribution in [-0.2, 0) is 10.2 Å². The quantitative estimate of drug-likeness (QED) is 0.573. The molecule has 15 heavy (non-hydrogen) atoms. The van der Waals surface area contributed by atoms with Gasteiger partial charge in [0.25, 0.3) is 0 Å². The Kier molecular flexibility index (Phi) is 3.97. The third-order valence-corrected chi connectivity index (χ3v) is 3.26. The number of benzene rings is 1. The first-order valence-corrected chi connectivity index (χ1v) is 6.04. The largest absolute Gasteiger partial charge is 0.302 e. The van der Waals surface area contributed by atoms with Crippen LogP contribution in [0.2, 0.25) is 0 Å². The van der Waals surface area contributed by atoms with Crippen LogP contribution >= 0.6 is 11.8 Å². The summed E-state index contributed by atoms with van der Waals surface area (Å²) in [6, 6.07) is 8.45. The highest BCUT2D eigenvalue weighted by Crippen LogP contribution is 2.27. The van der Waals surface area contributed by atoms with E-state index in [0.29, 0.717) is 0 Å². The second-order valence-electron chi connectivity index (χ2n) is 4.73. The van der Waals surface area contributed by atoms with Crippen molar-refractivity contribution in [3.05, 3.63) is 29.8 Å². The maximum atomic E-state index is 10.5. The molecule has 0 aliphatic rings. The summed E-state index contributed by atoms with van der Waals surface area (Å²) in [5, 5.41) is 0.0329. The van der Waals surface area contributed by atoms with Gasteiger partial charge in [0.15, 0.2) is 0 Å². The highest BCUT2D eigenvalue weighted by Gasteiger charge is 2.13. The van der Waals surface area contributed by atoms with E-state index in [0.717, 1.165) is 11.2 Å². The van der Waals surface area contributed by atoms with Gasteiger partial charge in [-0.3, -0.25) is 0 Å². The minimum absolute atomic E-state index is 0.0329. The van der Waals surface area contributed by atoms with Crippen molar-refractivity contribution in [2.45, 2.75) is 43.3 Å². The first-order valence-electron chi connectivity index (χ1n) is 5.16. The molecule has 82 valence electrons. The van der Waals surface area contributed by atoms with Gasteiger partial charge in [0.05, 0.1) is 5.25 Å². The average molecular weight is 222 g/mol. The Bertz CT molecular complexity index is 321. The fourth-order valence-corrected chi connectivity index (χ4v) is 2.05. The normalized spacial score (nSPS) is 13.6. The van der Waals surface area contributed by atoms with Crippen LogP contribution in [0, 0.1) is 0 Å². The van der Waals surface area contributed by atoms with Crippen LogP contribution in [0.4, 0.5) is 0 Å². The monoisotopic (exact) mass is 222 g/mol. The summed E-state index contributed by atoms with van der Waals surface area (Å²) in [7, 11) is 0. The molecule has 0 spiro atoms. The summed E-state index contributed by atoms with van der Waals surface area (Å²) >= 11 is 1.59. The van der Waals surface area contributed by atoms with Crippen molar-refractivity contribution in [3.63, 3.8) is 0 Å². The fourth-order valence-electron chi connectivity index (χ4n) is 1.28. The molecule has 1 unspecified atom stereocenters. The van der Waals surface area contributed by atoms with Crippen LogP contribution < -0.4 is 0 Å². The zero-order chi connectivity index (χ0) is 11.5. The van der Waals surface area contributed by atoms with E-state index in [2.05, 4.69) is 45.0 Å². The number of aldehydes is 1. The molecule has 1 nitrogen and oxygen atoms in total. The predicted molar refractivity (Wildman–Crippen MR) is 66.5 cm³/mol. The topological polar surface area (TPSA) is 17.1 Å². The van der Waals surface area contributed by atoms with Crippen molar-refractivity contribution < 1.29 is 4.79 Å². The molecule has 0 radical (unpaired) electrons. The number of rotatable bonds is 3. The van der Waals surface area contributed by atoms with Crippen molar-refractivity contribution in [1.82, 2.24) is 0 Å². The van der Waals surface area contributed by atoms with Crippen molar-refractivity contribution in [2.75, 3.05) is 0 Å². The van der Waals surface area contributed by atoms with Gasteiger partial charge in [-0.1, -0.05) is 32.9 Å². The molecule has 0 fully saturated rings. The third-order valence-electron chi connectivity index (χ3n) is 2.23. The smallest absolute Gasteiger partial charge is 0.133 e. The van der Waals surface area contributed by atoms with E-state index in [9.17, 15) is 4.79 Å². The van der Waals surface area contributed by atoms with E-state index >= 15 is 0 Å². The van der Waals surface area contributed by atoms with Gasteiger partial charge in [-0.25, -0.2) is 0 Å². The third kappa shape index (κ3) is 3.71. The summed E-state index contributed by atoms with van der Waals surface area (Å²) in [5.41, 5.74) is 1.52. The molecule has 2 heteroatoms. The predicted octanol–water partition coefficient (Wildman–Crippen LogP) is 3.66. The molecule has 0 bridgehead atoms. The van der Waals surface area contributed by atoms with Crippen LogP contribution in [0.15, 0.2) is 29.2 Å². The van der Waals surface area contributed by atoms with E-state index in [-0.39, 0.29) is 10.7 Å². The molecule has 0 aromatic heterocycles. The van der Waals surface area contributed by atoms with E-state index in [1.807, 2.05) is 6.92 Å². The number of hydrogen-bond acceptors (Lipinski definition) is 2. The van der Waals surface area contributed by atoms with Gasteiger partial charge in [-0.2, -0.15) is 0 Å². The van der Waals surface area contributed by atoms with Gasteiger partial charge in [0.2, 0.25) is 0 Å². The SMILES string of the molecule is CC(C=O)Sc1ccc(C(C)(C)C)cc1. The Hall–Kier alpha value is -0.760. The molecule has 0 aliphatic carbocycles. The minimum atomic E-state index is 0.0329. The van der Waals surface area contributed by atoms with Gasteiger partial charge in [-0.05, 0) is 30.0 Å². The van der Waals surface area contributed by atoms with E-state index in [1.54, 1.807) is 11.8 Å². The van der Waals surface area contributed by atoms with E-state index in [1.165, 1.54) is 5.56 Å². The molecule has 0 saturated carbocycles. The zero-order valence-corrected chi connectivity index (χ0v) is 10.6. The lowest BCUT2D eigenvalue weighted by Gasteiger charge is -2.19. The van der Waals surface area contributed by atoms with E-state index < -0.39 is 0 Å². The number of carbonyl (C=O) groups is 1. The number of thioether (sulfide) groups is 1. The first-order chi connectivity index (χ1) is 6.93. The molecule has 1 rings (SSSR count). The fraction of sp³-hybridized carbons (Fsp3) is 0.462. The average Bonchev–Trinajstić information content (AvgIpc) is 2.17. The van der Waals surface area contributed by atoms with Crippen LogP contribution in [0.1, 0.15) is 33.3 Å². The lowest BCUT2D eigenvalue weighted by atomic mass is 9.87. The molecule has 1 atom stereocenters. The highest BCUT2D eigenvalue weighted by molar-refractivity contribution is 8.00. The second kappa shape index (κ2) is 4.84. The maximum absolute atomic E-state index is 10.5. The Morgan fingerprint density at radius 1 is 1.20 bits per heavy atom. The van der Waals surface area contributed by atoms with Crippen LogP contribution in [0.3, 0.4) is 0 Å². The molecular formula is C13H18OS. The van der Waals surface area contributed by atoms with Gasteiger partial charge in [0.1, 0.15) is 6.29 Å². The Morgan fingerprint density at radius 2 is 1.73 bits per heavy atom. The van der Waals surface area contributed by atoms with Crippen molar-refractivity contribution in [1.29, 1.82) is 0 Å². The molecule has 0 heterocycles. The first kappa shape index (κ1) is 12.3. The van der Waals surface area contributed by atoms with Gasteiger partial charge < -0.3 is 4.79 Å². The maximum Gasteiger partial charge on any atom is 0.133 e. The Labute approximate surface area is 96.3 Å². The van der Waals surface area contributed by atoms with Crippen molar-refractivity contribution in [2.24, 2.45) is 0 Å². The number of hydrogen-bond donors (Lipinski definition) is 0. The summed E-state index contributed by atoms with van der Waals surface area (Å²) < 4.78 is 0. The molecular weight excluding hydrogens is 204 g/mol. The van der Waals surface area contributed by atoms with Crippen LogP contribution in [0.25, 0.3) is 0 Å². The summed E-state index contributed by atoms with van der Waals surface area (Å²) in [4.78, 5) is 11.7. The summed E-state index contributed by atoms with van der Waals surface area (Å²) in [6.45, 7) is 8.50. The van der Waals surface area contributed by atoms with Gasteiger partial charge >= 0.3 is 0 Å².